The maximum Gasteiger partial charge on any atom is 0.222 e. The number of carbonyl (C=O) groups excluding carboxylic acids is 2. The van der Waals surface area contributed by atoms with Crippen LogP contribution in [0.4, 0.5) is 0 Å². The summed E-state index contributed by atoms with van der Waals surface area (Å²) in [5, 5.41) is 3.08. The molecular weight excluding hydrogens is 288 g/mol. The van der Waals surface area contributed by atoms with Crippen molar-refractivity contribution in [2.24, 2.45) is 5.41 Å². The fourth-order valence-corrected chi connectivity index (χ4v) is 2.94. The zero-order chi connectivity index (χ0) is 17.2. The fourth-order valence-electron chi connectivity index (χ4n) is 2.94. The highest BCUT2D eigenvalue weighted by Crippen LogP contribution is 2.32. The van der Waals surface area contributed by atoms with E-state index in [1.165, 1.54) is 5.56 Å². The minimum absolute atomic E-state index is 0.000350. The van der Waals surface area contributed by atoms with Gasteiger partial charge in [-0.3, -0.25) is 9.59 Å². The summed E-state index contributed by atoms with van der Waals surface area (Å²) in [6.07, 6.45) is 1.17. The fraction of sp³-hybridized carbons (Fsp3) is 0.579. The van der Waals surface area contributed by atoms with Gasteiger partial charge in [0.15, 0.2) is 0 Å². The van der Waals surface area contributed by atoms with Gasteiger partial charge in [-0.15, -0.1) is 0 Å². The third-order valence-corrected chi connectivity index (χ3v) is 4.87. The average Bonchev–Trinajstić information content (AvgIpc) is 2.46. The molecule has 2 atom stereocenters. The molecule has 0 saturated heterocycles. The molecule has 4 heteroatoms. The molecule has 126 valence electrons. The summed E-state index contributed by atoms with van der Waals surface area (Å²) in [6.45, 7) is 10.6. The van der Waals surface area contributed by atoms with Gasteiger partial charge in [0.25, 0.3) is 0 Å². The van der Waals surface area contributed by atoms with Gasteiger partial charge >= 0.3 is 0 Å². The lowest BCUT2D eigenvalue weighted by Crippen LogP contribution is -2.45. The molecule has 0 unspecified atom stereocenters. The number of hydrogen-bond donors (Lipinski definition) is 1. The van der Waals surface area contributed by atoms with E-state index in [4.69, 9.17) is 0 Å². The molecule has 1 aromatic rings. The normalized spacial score (nSPS) is 19.0. The van der Waals surface area contributed by atoms with Crippen molar-refractivity contribution >= 4 is 11.8 Å². The van der Waals surface area contributed by atoms with Crippen molar-refractivity contribution < 1.29 is 9.59 Å². The maximum atomic E-state index is 12.5. The van der Waals surface area contributed by atoms with Gasteiger partial charge < -0.3 is 10.2 Å². The Kier molecular flexibility index (Phi) is 5.12. The zero-order valence-corrected chi connectivity index (χ0v) is 14.8. The molecule has 2 amide bonds. The van der Waals surface area contributed by atoms with Crippen molar-refractivity contribution in [1.29, 1.82) is 0 Å². The minimum atomic E-state index is -0.162. The largest absolute Gasteiger partial charge is 0.353 e. The summed E-state index contributed by atoms with van der Waals surface area (Å²) < 4.78 is 0. The Bertz CT molecular complexity index is 589. The molecule has 0 bridgehead atoms. The third kappa shape index (κ3) is 4.12. The van der Waals surface area contributed by atoms with Gasteiger partial charge in [0, 0.05) is 19.5 Å². The quantitative estimate of drug-likeness (QED) is 0.931. The molecule has 1 heterocycles. The van der Waals surface area contributed by atoms with Crippen LogP contribution in [-0.2, 0) is 16.0 Å². The molecule has 0 saturated carbocycles. The molecule has 0 radical (unpaired) electrons. The van der Waals surface area contributed by atoms with Gasteiger partial charge in [-0.25, -0.2) is 0 Å². The highest BCUT2D eigenvalue weighted by Gasteiger charge is 2.31. The van der Waals surface area contributed by atoms with E-state index in [-0.39, 0.29) is 29.3 Å². The summed E-state index contributed by atoms with van der Waals surface area (Å²) in [5.74, 6) is 0.0292. The number of benzene rings is 1. The number of rotatable bonds is 3. The van der Waals surface area contributed by atoms with Crippen molar-refractivity contribution in [3.05, 3.63) is 35.4 Å². The number of nitrogens with one attached hydrogen (secondary N) is 1. The van der Waals surface area contributed by atoms with E-state index in [2.05, 4.69) is 32.2 Å². The molecule has 2 rings (SSSR count). The first-order chi connectivity index (χ1) is 10.7. The van der Waals surface area contributed by atoms with E-state index < -0.39 is 0 Å². The van der Waals surface area contributed by atoms with Crippen molar-refractivity contribution in [3.63, 3.8) is 0 Å². The van der Waals surface area contributed by atoms with Crippen LogP contribution in [0.2, 0.25) is 0 Å². The summed E-state index contributed by atoms with van der Waals surface area (Å²) in [6, 6.07) is 8.04. The SMILES string of the molecule is CC(=O)N1CCc2ccccc2[C@@H]1CC(=O)N[C@@H](C)C(C)(C)C. The Balaban J connectivity index is 2.18. The maximum absolute atomic E-state index is 12.5. The van der Waals surface area contributed by atoms with Crippen LogP contribution in [0.15, 0.2) is 24.3 Å². The number of nitrogens with zero attached hydrogens (tertiary/aromatic N) is 1. The molecule has 4 nitrogen and oxygen atoms in total. The molecule has 1 aliphatic rings. The van der Waals surface area contributed by atoms with Crippen LogP contribution in [-0.4, -0.2) is 29.3 Å². The first-order valence-corrected chi connectivity index (χ1v) is 8.34. The van der Waals surface area contributed by atoms with Gasteiger partial charge in [-0.05, 0) is 29.9 Å². The summed E-state index contributed by atoms with van der Waals surface area (Å²) in [5.41, 5.74) is 2.36. The van der Waals surface area contributed by atoms with Crippen LogP contribution < -0.4 is 5.32 Å². The lowest BCUT2D eigenvalue weighted by Gasteiger charge is -2.37. The van der Waals surface area contributed by atoms with Crippen LogP contribution in [0.3, 0.4) is 0 Å². The van der Waals surface area contributed by atoms with Crippen LogP contribution in [0.5, 0.6) is 0 Å². The predicted octanol–water partition coefficient (Wildman–Crippen LogP) is 3.07. The molecule has 0 aromatic heterocycles. The summed E-state index contributed by atoms with van der Waals surface area (Å²) in [4.78, 5) is 26.3. The lowest BCUT2D eigenvalue weighted by molar-refractivity contribution is -0.133. The van der Waals surface area contributed by atoms with Crippen molar-refractivity contribution in [1.82, 2.24) is 10.2 Å². The summed E-state index contributed by atoms with van der Waals surface area (Å²) >= 11 is 0. The van der Waals surface area contributed by atoms with E-state index >= 15 is 0 Å². The molecule has 23 heavy (non-hydrogen) atoms. The van der Waals surface area contributed by atoms with Crippen LogP contribution in [0, 0.1) is 5.41 Å². The predicted molar refractivity (Wildman–Crippen MR) is 92.0 cm³/mol. The second kappa shape index (κ2) is 6.73. The molecule has 0 aliphatic carbocycles. The number of carbonyl (C=O) groups is 2. The lowest BCUT2D eigenvalue weighted by atomic mass is 9.87. The Labute approximate surface area is 139 Å². The van der Waals surface area contributed by atoms with Gasteiger partial charge in [0.2, 0.25) is 11.8 Å². The Morgan fingerprint density at radius 3 is 2.57 bits per heavy atom. The molecular formula is C19H28N2O2. The number of hydrogen-bond acceptors (Lipinski definition) is 2. The van der Waals surface area contributed by atoms with E-state index in [1.54, 1.807) is 6.92 Å². The van der Waals surface area contributed by atoms with E-state index in [1.807, 2.05) is 30.0 Å². The molecule has 0 spiro atoms. The van der Waals surface area contributed by atoms with Crippen molar-refractivity contribution in [2.45, 2.75) is 59.5 Å². The highest BCUT2D eigenvalue weighted by atomic mass is 16.2. The van der Waals surface area contributed by atoms with Crippen molar-refractivity contribution in [3.8, 4) is 0 Å². The second-order valence-corrected chi connectivity index (χ2v) is 7.54. The third-order valence-electron chi connectivity index (χ3n) is 4.87. The zero-order valence-electron chi connectivity index (χ0n) is 14.8. The van der Waals surface area contributed by atoms with Gasteiger partial charge in [0.05, 0.1) is 12.5 Å². The monoisotopic (exact) mass is 316 g/mol. The molecule has 0 fully saturated rings. The van der Waals surface area contributed by atoms with Crippen LogP contribution in [0.1, 0.15) is 58.2 Å². The van der Waals surface area contributed by atoms with E-state index in [0.717, 1.165) is 12.0 Å². The molecule has 1 N–H and O–H groups in total. The van der Waals surface area contributed by atoms with E-state index in [0.29, 0.717) is 13.0 Å². The molecule has 1 aromatic carbocycles. The van der Waals surface area contributed by atoms with Gasteiger partial charge in [0.1, 0.15) is 0 Å². The molecule has 1 aliphatic heterocycles. The standard InChI is InChI=1S/C19H28N2O2/c1-13(19(3,4)5)20-18(23)12-17-16-9-7-6-8-15(16)10-11-21(17)14(2)22/h6-9,13,17H,10-12H2,1-5H3,(H,20,23)/t13-,17-/m0/s1. The second-order valence-electron chi connectivity index (χ2n) is 7.54. The van der Waals surface area contributed by atoms with Gasteiger partial charge in [-0.2, -0.15) is 0 Å². The highest BCUT2D eigenvalue weighted by molar-refractivity contribution is 5.80. The first-order valence-electron chi connectivity index (χ1n) is 8.34. The minimum Gasteiger partial charge on any atom is -0.353 e. The summed E-state index contributed by atoms with van der Waals surface area (Å²) in [7, 11) is 0. The number of fused-ring (bicyclic) bond motifs is 1. The smallest absolute Gasteiger partial charge is 0.222 e. The van der Waals surface area contributed by atoms with Crippen LogP contribution in [0.25, 0.3) is 0 Å². The van der Waals surface area contributed by atoms with Gasteiger partial charge in [-0.1, -0.05) is 45.0 Å². The van der Waals surface area contributed by atoms with E-state index in [9.17, 15) is 9.59 Å². The van der Waals surface area contributed by atoms with Crippen molar-refractivity contribution in [2.75, 3.05) is 6.54 Å². The Morgan fingerprint density at radius 1 is 1.30 bits per heavy atom. The Hall–Kier alpha value is -1.84. The van der Waals surface area contributed by atoms with Crippen LogP contribution >= 0.6 is 0 Å². The number of amides is 2. The first kappa shape index (κ1) is 17.5. The Morgan fingerprint density at radius 2 is 1.96 bits per heavy atom. The topological polar surface area (TPSA) is 49.4 Å². The average molecular weight is 316 g/mol.